The highest BCUT2D eigenvalue weighted by Gasteiger charge is 2.29. The van der Waals surface area contributed by atoms with Crippen LogP contribution in [0.3, 0.4) is 0 Å². The predicted molar refractivity (Wildman–Crippen MR) is 96.0 cm³/mol. The molecule has 2 amide bonds. The van der Waals surface area contributed by atoms with Crippen molar-refractivity contribution in [3.05, 3.63) is 30.3 Å². The van der Waals surface area contributed by atoms with E-state index < -0.39 is 29.8 Å². The number of anilines is 1. The number of para-hydroxylation sites is 1. The van der Waals surface area contributed by atoms with E-state index >= 15 is 0 Å². The quantitative estimate of drug-likeness (QED) is 0.473. The van der Waals surface area contributed by atoms with Crippen molar-refractivity contribution >= 4 is 23.8 Å². The number of amides is 2. The van der Waals surface area contributed by atoms with Gasteiger partial charge in [-0.05, 0) is 39.8 Å². The maximum absolute atomic E-state index is 12.4. The third-order valence-electron chi connectivity index (χ3n) is 3.16. The van der Waals surface area contributed by atoms with Crippen molar-refractivity contribution < 1.29 is 28.6 Å². The molecule has 1 aromatic carbocycles. The molecule has 1 atom stereocenters. The Labute approximate surface area is 153 Å². The number of benzene rings is 1. The normalized spacial score (nSPS) is 11.9. The number of esters is 1. The van der Waals surface area contributed by atoms with Crippen LogP contribution in [0.1, 0.15) is 27.7 Å². The van der Waals surface area contributed by atoms with E-state index in [1.54, 1.807) is 58.0 Å². The molecular weight excluding hydrogens is 340 g/mol. The molecule has 0 heterocycles. The van der Waals surface area contributed by atoms with Crippen molar-refractivity contribution in [3.8, 4) is 0 Å². The molecule has 1 aromatic rings. The summed E-state index contributed by atoms with van der Waals surface area (Å²) in [5.41, 5.74) is -0.114. The van der Waals surface area contributed by atoms with E-state index in [4.69, 9.17) is 14.2 Å². The third kappa shape index (κ3) is 7.00. The number of methoxy groups -OCH3 is 1. The maximum atomic E-state index is 12.4. The second-order valence-corrected chi connectivity index (χ2v) is 6.45. The number of rotatable bonds is 6. The Morgan fingerprint density at radius 2 is 1.77 bits per heavy atom. The van der Waals surface area contributed by atoms with Crippen molar-refractivity contribution in [1.29, 1.82) is 0 Å². The summed E-state index contributed by atoms with van der Waals surface area (Å²) in [6.07, 6.45) is -1.32. The first-order valence-corrected chi connectivity index (χ1v) is 8.21. The second-order valence-electron chi connectivity index (χ2n) is 6.45. The number of hydrogen-bond donors (Lipinski definition) is 1. The minimum Gasteiger partial charge on any atom is -0.467 e. The van der Waals surface area contributed by atoms with Gasteiger partial charge in [0.05, 0.1) is 13.7 Å². The van der Waals surface area contributed by atoms with Crippen molar-refractivity contribution in [2.75, 3.05) is 25.2 Å². The van der Waals surface area contributed by atoms with Crippen LogP contribution in [-0.4, -0.2) is 50.1 Å². The van der Waals surface area contributed by atoms with Gasteiger partial charge in [0.1, 0.15) is 18.2 Å². The van der Waals surface area contributed by atoms with E-state index in [2.05, 4.69) is 5.32 Å². The Kier molecular flexibility index (Phi) is 7.89. The summed E-state index contributed by atoms with van der Waals surface area (Å²) in [5.74, 6) is -0.572. The standard InChI is InChI=1S/C18H26N2O6/c1-13(15(21)24-5)20(14-9-7-6-8-10-14)17(23)25-12-11-19-16(22)26-18(2,3)4/h6-10,13H,11-12H2,1-5H3,(H,19,22)/t13-/m0/s1. The number of hydrogen-bond acceptors (Lipinski definition) is 6. The van der Waals surface area contributed by atoms with E-state index in [1.807, 2.05) is 0 Å². The van der Waals surface area contributed by atoms with Crippen LogP contribution < -0.4 is 10.2 Å². The molecule has 0 aliphatic rings. The van der Waals surface area contributed by atoms with Crippen LogP contribution in [0.2, 0.25) is 0 Å². The number of alkyl carbamates (subject to hydrolysis) is 1. The number of nitrogens with one attached hydrogen (secondary N) is 1. The minimum absolute atomic E-state index is 0.0741. The number of nitrogens with zero attached hydrogens (tertiary/aromatic N) is 1. The number of carbonyl (C=O) groups is 3. The van der Waals surface area contributed by atoms with Crippen LogP contribution >= 0.6 is 0 Å². The van der Waals surface area contributed by atoms with Crippen LogP contribution in [0, 0.1) is 0 Å². The molecule has 8 nitrogen and oxygen atoms in total. The van der Waals surface area contributed by atoms with Gasteiger partial charge in [0.2, 0.25) is 0 Å². The van der Waals surface area contributed by atoms with E-state index in [1.165, 1.54) is 12.0 Å². The van der Waals surface area contributed by atoms with Gasteiger partial charge in [0, 0.05) is 5.69 Å². The molecule has 144 valence electrons. The highest BCUT2D eigenvalue weighted by atomic mass is 16.6. The Morgan fingerprint density at radius 1 is 1.15 bits per heavy atom. The minimum atomic E-state index is -0.867. The van der Waals surface area contributed by atoms with Gasteiger partial charge in [0.15, 0.2) is 0 Å². The van der Waals surface area contributed by atoms with E-state index in [9.17, 15) is 14.4 Å². The van der Waals surface area contributed by atoms with E-state index in [0.29, 0.717) is 5.69 Å². The van der Waals surface area contributed by atoms with E-state index in [-0.39, 0.29) is 13.2 Å². The molecule has 0 radical (unpaired) electrons. The van der Waals surface area contributed by atoms with Crippen LogP contribution in [-0.2, 0) is 19.0 Å². The zero-order valence-corrected chi connectivity index (χ0v) is 15.8. The van der Waals surface area contributed by atoms with E-state index in [0.717, 1.165) is 0 Å². The van der Waals surface area contributed by atoms with Crippen molar-refractivity contribution in [2.24, 2.45) is 0 Å². The van der Waals surface area contributed by atoms with Crippen molar-refractivity contribution in [2.45, 2.75) is 39.3 Å². The average molecular weight is 366 g/mol. The topological polar surface area (TPSA) is 94.2 Å². The molecule has 0 saturated carbocycles. The fraction of sp³-hybridized carbons (Fsp3) is 0.500. The lowest BCUT2D eigenvalue weighted by Crippen LogP contribution is -2.45. The fourth-order valence-electron chi connectivity index (χ4n) is 2.03. The Bertz CT molecular complexity index is 612. The summed E-state index contributed by atoms with van der Waals surface area (Å²) in [6.45, 7) is 6.79. The molecule has 8 heteroatoms. The maximum Gasteiger partial charge on any atom is 0.415 e. The predicted octanol–water partition coefficient (Wildman–Crippen LogP) is 2.72. The van der Waals surface area contributed by atoms with Gasteiger partial charge in [-0.3, -0.25) is 4.90 Å². The first-order valence-electron chi connectivity index (χ1n) is 8.21. The van der Waals surface area contributed by atoms with Crippen LogP contribution in [0.5, 0.6) is 0 Å². The van der Waals surface area contributed by atoms with Gasteiger partial charge in [-0.25, -0.2) is 14.4 Å². The van der Waals surface area contributed by atoms with Crippen LogP contribution in [0.25, 0.3) is 0 Å². The zero-order chi connectivity index (χ0) is 19.7. The van der Waals surface area contributed by atoms with Gasteiger partial charge in [0.25, 0.3) is 0 Å². The molecule has 1 N–H and O–H groups in total. The SMILES string of the molecule is COC(=O)[C@H](C)N(C(=O)OCCNC(=O)OC(C)(C)C)c1ccccc1. The zero-order valence-electron chi connectivity index (χ0n) is 15.8. The number of carbonyl (C=O) groups excluding carboxylic acids is 3. The highest BCUT2D eigenvalue weighted by molar-refractivity contribution is 5.95. The largest absolute Gasteiger partial charge is 0.467 e. The lowest BCUT2D eigenvalue weighted by molar-refractivity contribution is -0.141. The Morgan fingerprint density at radius 3 is 2.31 bits per heavy atom. The molecule has 0 aliphatic carbocycles. The van der Waals surface area contributed by atoms with Gasteiger partial charge in [-0.2, -0.15) is 0 Å². The first kappa shape index (κ1) is 21.3. The molecule has 0 aromatic heterocycles. The Balaban J connectivity index is 2.64. The van der Waals surface area contributed by atoms with Crippen molar-refractivity contribution in [1.82, 2.24) is 5.32 Å². The number of ether oxygens (including phenoxy) is 3. The van der Waals surface area contributed by atoms with Crippen molar-refractivity contribution in [3.63, 3.8) is 0 Å². The summed E-state index contributed by atoms with van der Waals surface area (Å²) >= 11 is 0. The van der Waals surface area contributed by atoms with Gasteiger partial charge >= 0.3 is 18.2 Å². The molecular formula is C18H26N2O6. The molecule has 0 unspecified atom stereocenters. The van der Waals surface area contributed by atoms with Crippen LogP contribution in [0.4, 0.5) is 15.3 Å². The average Bonchev–Trinajstić information content (AvgIpc) is 2.57. The van der Waals surface area contributed by atoms with Crippen LogP contribution in [0.15, 0.2) is 30.3 Å². The second kappa shape index (κ2) is 9.65. The molecule has 0 fully saturated rings. The van der Waals surface area contributed by atoms with Gasteiger partial charge in [-0.15, -0.1) is 0 Å². The molecule has 0 spiro atoms. The summed E-state index contributed by atoms with van der Waals surface area (Å²) in [4.78, 5) is 37.0. The summed E-state index contributed by atoms with van der Waals surface area (Å²) in [7, 11) is 1.25. The molecule has 0 saturated heterocycles. The fourth-order valence-corrected chi connectivity index (χ4v) is 2.03. The first-order chi connectivity index (χ1) is 12.2. The third-order valence-corrected chi connectivity index (χ3v) is 3.16. The Hall–Kier alpha value is -2.77. The molecule has 0 bridgehead atoms. The smallest absolute Gasteiger partial charge is 0.415 e. The summed E-state index contributed by atoms with van der Waals surface area (Å²) in [6, 6.07) is 7.77. The van der Waals surface area contributed by atoms with Gasteiger partial charge in [-0.1, -0.05) is 18.2 Å². The monoisotopic (exact) mass is 366 g/mol. The highest BCUT2D eigenvalue weighted by Crippen LogP contribution is 2.18. The molecule has 0 aliphatic heterocycles. The summed E-state index contributed by atoms with van der Waals surface area (Å²) < 4.78 is 15.0. The molecule has 26 heavy (non-hydrogen) atoms. The molecule has 1 rings (SSSR count). The lowest BCUT2D eigenvalue weighted by atomic mass is 10.2. The van der Waals surface area contributed by atoms with Gasteiger partial charge < -0.3 is 19.5 Å². The lowest BCUT2D eigenvalue weighted by Gasteiger charge is -2.26. The summed E-state index contributed by atoms with van der Waals surface area (Å²) in [5, 5.41) is 2.49.